The largest absolute Gasteiger partial charge is 0.465 e. The molecule has 2 heterocycles. The highest BCUT2D eigenvalue weighted by molar-refractivity contribution is 5.65. The fourth-order valence-electron chi connectivity index (χ4n) is 3.32. The van der Waals surface area contributed by atoms with Gasteiger partial charge in [0.05, 0.1) is 0 Å². The first kappa shape index (κ1) is 16.3. The zero-order valence-corrected chi connectivity index (χ0v) is 13.1. The van der Waals surface area contributed by atoms with Crippen molar-refractivity contribution in [2.45, 2.75) is 37.6 Å². The minimum absolute atomic E-state index is 0.0257. The van der Waals surface area contributed by atoms with Gasteiger partial charge in [0.1, 0.15) is 11.6 Å². The lowest BCUT2D eigenvalue weighted by molar-refractivity contribution is 0.0936. The molecule has 1 fully saturated rings. The number of hydrogen-bond donors (Lipinski definition) is 2. The molecule has 1 aromatic heterocycles. The van der Waals surface area contributed by atoms with Crippen molar-refractivity contribution in [2.24, 2.45) is 0 Å². The molecule has 0 radical (unpaired) electrons. The van der Waals surface area contributed by atoms with Gasteiger partial charge in [-0.15, -0.1) is 0 Å². The van der Waals surface area contributed by atoms with Crippen LogP contribution in [-0.2, 0) is 6.42 Å². The summed E-state index contributed by atoms with van der Waals surface area (Å²) in [6.07, 6.45) is 1.60. The third kappa shape index (κ3) is 3.67. The predicted molar refractivity (Wildman–Crippen MR) is 84.5 cm³/mol. The average molecular weight is 334 g/mol. The number of nitrogens with zero attached hydrogens (tertiary/aromatic N) is 1. The molecule has 0 spiro atoms. The van der Waals surface area contributed by atoms with Crippen LogP contribution >= 0.6 is 0 Å². The molecule has 1 aliphatic heterocycles. The van der Waals surface area contributed by atoms with Gasteiger partial charge >= 0.3 is 6.09 Å². The number of aryl methyl sites for hydroxylation is 1. The Hall–Kier alpha value is -2.57. The van der Waals surface area contributed by atoms with E-state index in [-0.39, 0.29) is 23.3 Å². The first-order valence-electron chi connectivity index (χ1n) is 7.95. The number of aromatic nitrogens is 1. The molecule has 6 nitrogen and oxygen atoms in total. The second-order valence-corrected chi connectivity index (χ2v) is 6.13. The van der Waals surface area contributed by atoms with Crippen LogP contribution in [-0.4, -0.2) is 33.8 Å². The smallest absolute Gasteiger partial charge is 0.407 e. The highest BCUT2D eigenvalue weighted by atomic mass is 19.1. The van der Waals surface area contributed by atoms with Crippen molar-refractivity contribution < 1.29 is 18.8 Å². The Morgan fingerprint density at radius 2 is 2.12 bits per heavy atom. The van der Waals surface area contributed by atoms with Crippen LogP contribution in [0.4, 0.5) is 9.18 Å². The second-order valence-electron chi connectivity index (χ2n) is 6.13. The molecule has 1 aromatic carbocycles. The van der Waals surface area contributed by atoms with Gasteiger partial charge in [-0.05, 0) is 43.4 Å². The molecule has 24 heavy (non-hydrogen) atoms. The molecule has 2 N–H and O–H groups in total. The molecule has 0 aliphatic carbocycles. The van der Waals surface area contributed by atoms with Gasteiger partial charge in [0.25, 0.3) is 5.56 Å². The summed E-state index contributed by atoms with van der Waals surface area (Å²) in [7, 11) is 0. The molecule has 1 amide bonds. The van der Waals surface area contributed by atoms with E-state index >= 15 is 0 Å². The van der Waals surface area contributed by atoms with E-state index in [2.05, 4.69) is 5.16 Å². The predicted octanol–water partition coefficient (Wildman–Crippen LogP) is 2.97. The lowest BCUT2D eigenvalue weighted by Crippen LogP contribution is -2.45. The van der Waals surface area contributed by atoms with Gasteiger partial charge in [0, 0.05) is 24.6 Å². The van der Waals surface area contributed by atoms with Crippen LogP contribution in [0.2, 0.25) is 0 Å². The number of piperidine rings is 1. The van der Waals surface area contributed by atoms with Gasteiger partial charge < -0.3 is 14.5 Å². The number of likely N-dealkylation sites (tertiary alicyclic amines) is 1. The summed E-state index contributed by atoms with van der Waals surface area (Å²) in [5.74, 6) is 0.320. The standard InChI is InChI=1S/C17H19FN2O4/c18-13-4-1-11(2-5-13)3-6-14-9-12(7-8-20(14)17(22)23)15-10-16(21)19-24-15/h1-2,4-5,10,12,14H,3,6-9H2,(H,19,21)(H,22,23). The summed E-state index contributed by atoms with van der Waals surface area (Å²) in [5, 5.41) is 11.7. The molecule has 128 valence electrons. The SMILES string of the molecule is O=C(O)N1CCC(c2cc(=O)[nH]o2)CC1CCc1ccc(F)cc1. The number of carboxylic acid groups (broad SMARTS) is 1. The van der Waals surface area contributed by atoms with Crippen LogP contribution < -0.4 is 5.56 Å². The van der Waals surface area contributed by atoms with Gasteiger partial charge in [0.15, 0.2) is 0 Å². The summed E-state index contributed by atoms with van der Waals surface area (Å²) in [6, 6.07) is 7.51. The highest BCUT2D eigenvalue weighted by Gasteiger charge is 2.33. The van der Waals surface area contributed by atoms with E-state index in [0.717, 1.165) is 5.56 Å². The lowest BCUT2D eigenvalue weighted by Gasteiger charge is -2.37. The first-order valence-corrected chi connectivity index (χ1v) is 7.95. The molecule has 1 aliphatic rings. The normalized spacial score (nSPS) is 21.0. The van der Waals surface area contributed by atoms with Crippen LogP contribution in [0.5, 0.6) is 0 Å². The minimum atomic E-state index is -0.937. The Morgan fingerprint density at radius 1 is 1.38 bits per heavy atom. The van der Waals surface area contributed by atoms with Gasteiger partial charge in [-0.1, -0.05) is 12.1 Å². The van der Waals surface area contributed by atoms with Crippen LogP contribution in [0.1, 0.15) is 36.5 Å². The van der Waals surface area contributed by atoms with E-state index in [1.54, 1.807) is 12.1 Å². The Bertz CT molecular complexity index is 752. The van der Waals surface area contributed by atoms with Crippen molar-refractivity contribution >= 4 is 6.09 Å². The Kier molecular flexibility index (Phi) is 4.69. The number of H-pyrrole nitrogens is 1. The molecule has 7 heteroatoms. The van der Waals surface area contributed by atoms with Gasteiger partial charge in [0.2, 0.25) is 0 Å². The molecule has 0 saturated carbocycles. The maximum Gasteiger partial charge on any atom is 0.407 e. The van der Waals surface area contributed by atoms with Crippen molar-refractivity contribution in [3.05, 3.63) is 57.8 Å². The van der Waals surface area contributed by atoms with Crippen molar-refractivity contribution in [3.8, 4) is 0 Å². The zero-order valence-electron chi connectivity index (χ0n) is 13.1. The minimum Gasteiger partial charge on any atom is -0.465 e. The van der Waals surface area contributed by atoms with Gasteiger partial charge in [-0.2, -0.15) is 5.16 Å². The third-order valence-corrected chi connectivity index (χ3v) is 4.59. The van der Waals surface area contributed by atoms with E-state index in [4.69, 9.17) is 4.52 Å². The molecule has 1 saturated heterocycles. The van der Waals surface area contributed by atoms with Gasteiger partial charge in [-0.3, -0.25) is 4.79 Å². The number of carbonyl (C=O) groups is 1. The van der Waals surface area contributed by atoms with Crippen molar-refractivity contribution in [1.82, 2.24) is 10.1 Å². The van der Waals surface area contributed by atoms with Crippen molar-refractivity contribution in [3.63, 3.8) is 0 Å². The van der Waals surface area contributed by atoms with Crippen LogP contribution in [0.15, 0.2) is 39.6 Å². The lowest BCUT2D eigenvalue weighted by atomic mass is 9.86. The molecular formula is C17H19FN2O4. The fourth-order valence-corrected chi connectivity index (χ4v) is 3.32. The van der Waals surface area contributed by atoms with Crippen LogP contribution in [0.25, 0.3) is 0 Å². The van der Waals surface area contributed by atoms with E-state index < -0.39 is 6.09 Å². The topological polar surface area (TPSA) is 86.5 Å². The van der Waals surface area contributed by atoms with Crippen molar-refractivity contribution in [1.29, 1.82) is 0 Å². The highest BCUT2D eigenvalue weighted by Crippen LogP contribution is 2.32. The molecule has 3 rings (SSSR count). The molecule has 2 aromatic rings. The monoisotopic (exact) mass is 334 g/mol. The summed E-state index contributed by atoms with van der Waals surface area (Å²) in [6.45, 7) is 0.406. The van der Waals surface area contributed by atoms with E-state index in [1.807, 2.05) is 0 Å². The number of nitrogens with one attached hydrogen (secondary N) is 1. The Balaban J connectivity index is 1.69. The molecule has 2 atom stereocenters. The number of rotatable bonds is 4. The molecular weight excluding hydrogens is 315 g/mol. The average Bonchev–Trinajstić information content (AvgIpc) is 3.00. The maximum absolute atomic E-state index is 13.0. The summed E-state index contributed by atoms with van der Waals surface area (Å²) >= 11 is 0. The first-order chi connectivity index (χ1) is 11.5. The fraction of sp³-hybridized carbons (Fsp3) is 0.412. The number of aromatic amines is 1. The summed E-state index contributed by atoms with van der Waals surface area (Å²) in [4.78, 5) is 24.2. The van der Waals surface area contributed by atoms with Crippen LogP contribution in [0.3, 0.4) is 0 Å². The van der Waals surface area contributed by atoms with E-state index in [9.17, 15) is 19.1 Å². The maximum atomic E-state index is 13.0. The quantitative estimate of drug-likeness (QED) is 0.900. The van der Waals surface area contributed by atoms with Crippen molar-refractivity contribution in [2.75, 3.05) is 6.54 Å². The van der Waals surface area contributed by atoms with Crippen LogP contribution in [0, 0.1) is 5.82 Å². The number of halogens is 1. The third-order valence-electron chi connectivity index (χ3n) is 4.59. The molecule has 2 unspecified atom stereocenters. The number of hydrogen-bond acceptors (Lipinski definition) is 3. The van der Waals surface area contributed by atoms with E-state index in [1.165, 1.54) is 23.1 Å². The zero-order chi connectivity index (χ0) is 17.1. The van der Waals surface area contributed by atoms with E-state index in [0.29, 0.717) is 38.0 Å². The Morgan fingerprint density at radius 3 is 2.75 bits per heavy atom. The summed E-state index contributed by atoms with van der Waals surface area (Å²) in [5.41, 5.74) is 0.686. The summed E-state index contributed by atoms with van der Waals surface area (Å²) < 4.78 is 18.1. The second kappa shape index (κ2) is 6.90. The Labute approximate surface area is 137 Å². The van der Waals surface area contributed by atoms with Gasteiger partial charge in [-0.25, -0.2) is 9.18 Å². The molecule has 0 bridgehead atoms. The number of benzene rings is 1. The number of amides is 1.